The fourth-order valence-electron chi connectivity index (χ4n) is 2.82. The number of aryl methyl sites for hydroxylation is 1. The van der Waals surface area contributed by atoms with Gasteiger partial charge in [0.2, 0.25) is 5.91 Å². The van der Waals surface area contributed by atoms with E-state index < -0.39 is 0 Å². The first-order valence-electron chi connectivity index (χ1n) is 8.44. The predicted molar refractivity (Wildman–Crippen MR) is 92.1 cm³/mol. The van der Waals surface area contributed by atoms with Crippen LogP contribution < -0.4 is 10.2 Å². The number of hydrogen-bond acceptors (Lipinski definition) is 5. The first-order valence-corrected chi connectivity index (χ1v) is 8.44. The van der Waals surface area contributed by atoms with E-state index in [0.29, 0.717) is 5.82 Å². The van der Waals surface area contributed by atoms with Gasteiger partial charge in [0.05, 0.1) is 5.69 Å². The van der Waals surface area contributed by atoms with Gasteiger partial charge in [-0.05, 0) is 38.0 Å². The van der Waals surface area contributed by atoms with Crippen LogP contribution in [0, 0.1) is 12.8 Å². The topological polar surface area (TPSA) is 75.9 Å². The van der Waals surface area contributed by atoms with Crippen molar-refractivity contribution in [2.75, 3.05) is 18.0 Å². The van der Waals surface area contributed by atoms with Crippen molar-refractivity contribution < 1.29 is 4.79 Å². The highest BCUT2D eigenvalue weighted by atomic mass is 16.1. The molecule has 1 atom stereocenters. The molecule has 0 spiro atoms. The summed E-state index contributed by atoms with van der Waals surface area (Å²) in [6.45, 7) is 7.47. The van der Waals surface area contributed by atoms with Gasteiger partial charge in [-0.15, -0.1) is 10.2 Å². The van der Waals surface area contributed by atoms with Crippen molar-refractivity contribution >= 4 is 11.7 Å². The molecule has 7 heteroatoms. The van der Waals surface area contributed by atoms with Crippen LogP contribution in [-0.2, 0) is 4.79 Å². The van der Waals surface area contributed by atoms with Crippen molar-refractivity contribution in [2.24, 2.45) is 5.92 Å². The lowest BCUT2D eigenvalue weighted by Crippen LogP contribution is -2.49. The van der Waals surface area contributed by atoms with Crippen LogP contribution >= 0.6 is 0 Å². The Balaban J connectivity index is 1.66. The molecule has 0 aliphatic carbocycles. The third kappa shape index (κ3) is 3.72. The van der Waals surface area contributed by atoms with Crippen LogP contribution in [0.25, 0.3) is 5.82 Å². The maximum atomic E-state index is 11.9. The number of anilines is 1. The lowest BCUT2D eigenvalue weighted by Gasteiger charge is -2.34. The molecular weight excluding hydrogens is 304 g/mol. The lowest BCUT2D eigenvalue weighted by molar-refractivity contribution is -0.124. The minimum absolute atomic E-state index is 0.0111. The molecule has 0 saturated carbocycles. The van der Waals surface area contributed by atoms with Gasteiger partial charge in [0.25, 0.3) is 0 Å². The van der Waals surface area contributed by atoms with E-state index in [1.807, 2.05) is 45.2 Å². The molecule has 1 N–H and O–H groups in total. The SMILES string of the molecule is Cc1ccn(-c2ccc(N3CCC[C@H](NC(=O)C(C)C)C3)nn2)n1. The summed E-state index contributed by atoms with van der Waals surface area (Å²) in [5.41, 5.74) is 0.945. The largest absolute Gasteiger partial charge is 0.353 e. The van der Waals surface area contributed by atoms with Crippen LogP contribution in [0.4, 0.5) is 5.82 Å². The summed E-state index contributed by atoms with van der Waals surface area (Å²) >= 11 is 0. The Bertz CT molecular complexity index is 693. The maximum absolute atomic E-state index is 11.9. The van der Waals surface area contributed by atoms with Crippen molar-refractivity contribution in [3.63, 3.8) is 0 Å². The number of rotatable bonds is 4. The zero-order valence-corrected chi connectivity index (χ0v) is 14.4. The van der Waals surface area contributed by atoms with E-state index in [4.69, 9.17) is 0 Å². The Kier molecular flexibility index (Phi) is 4.78. The van der Waals surface area contributed by atoms with Gasteiger partial charge < -0.3 is 10.2 Å². The molecule has 2 aromatic rings. The fraction of sp³-hybridized carbons (Fsp3) is 0.529. The summed E-state index contributed by atoms with van der Waals surface area (Å²) in [6, 6.07) is 5.99. The zero-order valence-electron chi connectivity index (χ0n) is 14.4. The van der Waals surface area contributed by atoms with Crippen molar-refractivity contribution in [3.05, 3.63) is 30.1 Å². The summed E-state index contributed by atoms with van der Waals surface area (Å²) in [5, 5.41) is 16.1. The zero-order chi connectivity index (χ0) is 17.1. The Morgan fingerprint density at radius 3 is 2.62 bits per heavy atom. The Labute approximate surface area is 142 Å². The standard InChI is InChI=1S/C17H24N6O/c1-12(2)17(24)18-14-5-4-9-22(11-14)15-6-7-16(20-19-15)23-10-8-13(3)21-23/h6-8,10,12,14H,4-5,9,11H2,1-3H3,(H,18,24)/t14-/m0/s1. The molecule has 3 heterocycles. The third-order valence-corrected chi connectivity index (χ3v) is 4.21. The second kappa shape index (κ2) is 6.98. The van der Waals surface area contributed by atoms with Gasteiger partial charge in [-0.1, -0.05) is 13.8 Å². The molecule has 1 aliphatic rings. The second-order valence-corrected chi connectivity index (χ2v) is 6.60. The molecule has 3 rings (SSSR count). The van der Waals surface area contributed by atoms with Gasteiger partial charge in [0.1, 0.15) is 0 Å². The average molecular weight is 328 g/mol. The van der Waals surface area contributed by atoms with E-state index in [1.165, 1.54) is 0 Å². The molecule has 1 aliphatic heterocycles. The smallest absolute Gasteiger partial charge is 0.222 e. The Hall–Kier alpha value is -2.44. The van der Waals surface area contributed by atoms with E-state index in [0.717, 1.165) is 37.4 Å². The highest BCUT2D eigenvalue weighted by Gasteiger charge is 2.23. The number of carbonyl (C=O) groups excluding carboxylic acids is 1. The number of nitrogens with one attached hydrogen (secondary N) is 1. The molecule has 2 aromatic heterocycles. The minimum Gasteiger partial charge on any atom is -0.353 e. The molecule has 0 aromatic carbocycles. The van der Waals surface area contributed by atoms with E-state index in [2.05, 4.69) is 25.5 Å². The second-order valence-electron chi connectivity index (χ2n) is 6.60. The van der Waals surface area contributed by atoms with Crippen molar-refractivity contribution in [2.45, 2.75) is 39.7 Å². The van der Waals surface area contributed by atoms with Gasteiger partial charge >= 0.3 is 0 Å². The fourth-order valence-corrected chi connectivity index (χ4v) is 2.82. The molecule has 24 heavy (non-hydrogen) atoms. The molecule has 128 valence electrons. The first-order chi connectivity index (χ1) is 11.5. The van der Waals surface area contributed by atoms with E-state index in [1.54, 1.807) is 4.68 Å². The van der Waals surface area contributed by atoms with Gasteiger partial charge in [0.15, 0.2) is 11.6 Å². The lowest BCUT2D eigenvalue weighted by atomic mass is 10.0. The highest BCUT2D eigenvalue weighted by molar-refractivity contribution is 5.78. The van der Waals surface area contributed by atoms with Gasteiger partial charge in [-0.2, -0.15) is 5.10 Å². The molecule has 0 radical (unpaired) electrons. The summed E-state index contributed by atoms with van der Waals surface area (Å²) < 4.78 is 1.72. The number of aromatic nitrogens is 4. The van der Waals surface area contributed by atoms with Gasteiger partial charge in [0, 0.05) is 31.2 Å². The summed E-state index contributed by atoms with van der Waals surface area (Å²) in [6.07, 6.45) is 3.91. The molecular formula is C17H24N6O. The summed E-state index contributed by atoms with van der Waals surface area (Å²) in [7, 11) is 0. The van der Waals surface area contributed by atoms with E-state index in [9.17, 15) is 4.79 Å². The number of amides is 1. The quantitative estimate of drug-likeness (QED) is 0.925. The van der Waals surface area contributed by atoms with Crippen LogP contribution in [0.5, 0.6) is 0 Å². The van der Waals surface area contributed by atoms with E-state index in [-0.39, 0.29) is 17.9 Å². The third-order valence-electron chi connectivity index (χ3n) is 4.21. The molecule has 1 amide bonds. The maximum Gasteiger partial charge on any atom is 0.222 e. The number of carbonyl (C=O) groups is 1. The predicted octanol–water partition coefficient (Wildman–Crippen LogP) is 1.71. The van der Waals surface area contributed by atoms with Crippen LogP contribution in [0.3, 0.4) is 0 Å². The Morgan fingerprint density at radius 1 is 1.25 bits per heavy atom. The van der Waals surface area contributed by atoms with Crippen molar-refractivity contribution in [1.82, 2.24) is 25.3 Å². The number of hydrogen-bond donors (Lipinski definition) is 1. The highest BCUT2D eigenvalue weighted by Crippen LogP contribution is 2.18. The van der Waals surface area contributed by atoms with Crippen LogP contribution in [0.15, 0.2) is 24.4 Å². The first kappa shape index (κ1) is 16.4. The van der Waals surface area contributed by atoms with Crippen LogP contribution in [0.1, 0.15) is 32.4 Å². The minimum atomic E-state index is 0.0111. The van der Waals surface area contributed by atoms with E-state index >= 15 is 0 Å². The summed E-state index contributed by atoms with van der Waals surface area (Å²) in [5.74, 6) is 1.66. The number of nitrogens with zero attached hydrogens (tertiary/aromatic N) is 5. The van der Waals surface area contributed by atoms with Crippen LogP contribution in [-0.4, -0.2) is 45.0 Å². The molecule has 1 fully saturated rings. The monoisotopic (exact) mass is 328 g/mol. The van der Waals surface area contributed by atoms with Crippen molar-refractivity contribution in [3.8, 4) is 5.82 Å². The molecule has 0 unspecified atom stereocenters. The molecule has 1 saturated heterocycles. The normalized spacial score (nSPS) is 18.0. The number of piperidine rings is 1. The van der Waals surface area contributed by atoms with Crippen molar-refractivity contribution in [1.29, 1.82) is 0 Å². The van der Waals surface area contributed by atoms with Gasteiger partial charge in [-0.3, -0.25) is 4.79 Å². The summed E-state index contributed by atoms with van der Waals surface area (Å²) in [4.78, 5) is 14.1. The average Bonchev–Trinajstić information content (AvgIpc) is 3.01. The Morgan fingerprint density at radius 2 is 2.00 bits per heavy atom. The van der Waals surface area contributed by atoms with Crippen LogP contribution in [0.2, 0.25) is 0 Å². The molecule has 7 nitrogen and oxygen atoms in total. The molecule has 0 bridgehead atoms. The van der Waals surface area contributed by atoms with Gasteiger partial charge in [-0.25, -0.2) is 4.68 Å².